The molecule has 0 aromatic heterocycles. The number of phenolic OH excluding ortho intramolecular Hbond substituents is 1. The monoisotopic (exact) mass is 501 g/mol. The molecule has 1 heterocycles. The molecule has 0 aliphatic carbocycles. The van der Waals surface area contributed by atoms with Gasteiger partial charge in [-0.25, -0.2) is 4.90 Å². The fraction of sp³-hybridized carbons (Fsp3) is 0. The summed E-state index contributed by atoms with van der Waals surface area (Å²) < 4.78 is 0. The first kappa shape index (κ1) is 22.7. The molecule has 33 heavy (non-hydrogen) atoms. The highest BCUT2D eigenvalue weighted by molar-refractivity contribution is 6.53. The molecule has 3 aromatic carbocycles. The Bertz CT molecular complexity index is 1320. The van der Waals surface area contributed by atoms with Crippen molar-refractivity contribution in [3.05, 3.63) is 93.1 Å². The zero-order valence-corrected chi connectivity index (χ0v) is 18.9. The maximum absolute atomic E-state index is 12.9. The van der Waals surface area contributed by atoms with E-state index in [1.54, 1.807) is 30.3 Å². The second-order valence-electron chi connectivity index (χ2n) is 6.90. The standard InChI is InChI=1S/C23H14Cl3N3O4/c24-13-7-10-18(30)16(11-13)28-21(31)12-5-8-14(9-6-12)27-20-19(26)22(32)29(23(20)33)17-4-2-1-3-15(17)25/h1-11,27,30H,(H,28,31). The molecule has 0 bridgehead atoms. The third-order valence-corrected chi connectivity index (χ3v) is 5.65. The molecule has 0 saturated carbocycles. The molecule has 3 aromatic rings. The summed E-state index contributed by atoms with van der Waals surface area (Å²) in [7, 11) is 0. The second kappa shape index (κ2) is 9.15. The van der Waals surface area contributed by atoms with Crippen LogP contribution in [0.3, 0.4) is 0 Å². The molecule has 1 aliphatic heterocycles. The van der Waals surface area contributed by atoms with Crippen LogP contribution < -0.4 is 15.5 Å². The largest absolute Gasteiger partial charge is 0.506 e. The number of para-hydroxylation sites is 1. The van der Waals surface area contributed by atoms with Crippen molar-refractivity contribution in [2.45, 2.75) is 0 Å². The highest BCUT2D eigenvalue weighted by Gasteiger charge is 2.39. The van der Waals surface area contributed by atoms with E-state index in [1.807, 2.05) is 0 Å². The lowest BCUT2D eigenvalue weighted by atomic mass is 10.1. The molecule has 0 fully saturated rings. The van der Waals surface area contributed by atoms with Crippen molar-refractivity contribution in [3.63, 3.8) is 0 Å². The highest BCUT2D eigenvalue weighted by atomic mass is 35.5. The lowest BCUT2D eigenvalue weighted by molar-refractivity contribution is -0.120. The topological polar surface area (TPSA) is 98.7 Å². The highest BCUT2D eigenvalue weighted by Crippen LogP contribution is 2.34. The molecular formula is C23H14Cl3N3O4. The Morgan fingerprint density at radius 3 is 2.27 bits per heavy atom. The number of amides is 3. The predicted octanol–water partition coefficient (Wildman–Crippen LogP) is 5.39. The van der Waals surface area contributed by atoms with Crippen molar-refractivity contribution in [1.82, 2.24) is 0 Å². The number of nitrogens with one attached hydrogen (secondary N) is 2. The number of carbonyl (C=O) groups excluding carboxylic acids is 3. The zero-order valence-electron chi connectivity index (χ0n) is 16.6. The number of halogens is 3. The number of imide groups is 1. The van der Waals surface area contributed by atoms with Crippen LogP contribution in [0.1, 0.15) is 10.4 Å². The van der Waals surface area contributed by atoms with E-state index in [0.29, 0.717) is 10.7 Å². The van der Waals surface area contributed by atoms with Crippen LogP contribution in [-0.2, 0) is 9.59 Å². The number of carbonyl (C=O) groups is 3. The fourth-order valence-corrected chi connectivity index (χ4v) is 3.72. The van der Waals surface area contributed by atoms with Gasteiger partial charge in [0.25, 0.3) is 17.7 Å². The van der Waals surface area contributed by atoms with Crippen LogP contribution in [0.25, 0.3) is 0 Å². The van der Waals surface area contributed by atoms with Gasteiger partial charge >= 0.3 is 0 Å². The molecule has 3 N–H and O–H groups in total. The van der Waals surface area contributed by atoms with Crippen molar-refractivity contribution in [1.29, 1.82) is 0 Å². The van der Waals surface area contributed by atoms with Crippen LogP contribution in [-0.4, -0.2) is 22.8 Å². The molecule has 3 amide bonds. The van der Waals surface area contributed by atoms with Crippen molar-refractivity contribution in [3.8, 4) is 5.75 Å². The van der Waals surface area contributed by atoms with Gasteiger partial charge in [0.2, 0.25) is 0 Å². The number of anilines is 3. The van der Waals surface area contributed by atoms with Crippen LogP contribution in [0.5, 0.6) is 5.75 Å². The fourth-order valence-electron chi connectivity index (χ4n) is 3.12. The smallest absolute Gasteiger partial charge is 0.283 e. The van der Waals surface area contributed by atoms with Gasteiger partial charge in [0.15, 0.2) is 0 Å². The van der Waals surface area contributed by atoms with E-state index in [9.17, 15) is 19.5 Å². The molecule has 1 aliphatic rings. The number of benzene rings is 3. The Kier molecular flexibility index (Phi) is 6.29. The summed E-state index contributed by atoms with van der Waals surface area (Å²) in [5, 5.41) is 15.6. The number of hydrogen-bond acceptors (Lipinski definition) is 5. The summed E-state index contributed by atoms with van der Waals surface area (Å²) in [6.07, 6.45) is 0. The summed E-state index contributed by atoms with van der Waals surface area (Å²) in [6.45, 7) is 0. The number of rotatable bonds is 5. The van der Waals surface area contributed by atoms with Crippen molar-refractivity contribution in [2.75, 3.05) is 15.5 Å². The molecule has 0 saturated heterocycles. The molecule has 10 heteroatoms. The van der Waals surface area contributed by atoms with Crippen LogP contribution >= 0.6 is 34.8 Å². The van der Waals surface area contributed by atoms with Gasteiger partial charge in [-0.3, -0.25) is 14.4 Å². The van der Waals surface area contributed by atoms with E-state index in [2.05, 4.69) is 10.6 Å². The number of aromatic hydroxyl groups is 1. The van der Waals surface area contributed by atoms with Gasteiger partial charge in [0, 0.05) is 16.3 Å². The average molecular weight is 503 g/mol. The summed E-state index contributed by atoms with van der Waals surface area (Å²) in [5.74, 6) is -1.96. The van der Waals surface area contributed by atoms with Crippen molar-refractivity contribution < 1.29 is 19.5 Å². The lowest BCUT2D eigenvalue weighted by Gasteiger charge is -2.16. The molecule has 0 unspecified atom stereocenters. The Morgan fingerprint density at radius 1 is 0.879 bits per heavy atom. The van der Waals surface area contributed by atoms with Crippen LogP contribution in [0.4, 0.5) is 17.1 Å². The van der Waals surface area contributed by atoms with Gasteiger partial charge in [0.05, 0.1) is 16.4 Å². The third kappa shape index (κ3) is 4.52. The predicted molar refractivity (Wildman–Crippen MR) is 128 cm³/mol. The minimum Gasteiger partial charge on any atom is -0.506 e. The quantitative estimate of drug-likeness (QED) is 0.321. The van der Waals surface area contributed by atoms with E-state index >= 15 is 0 Å². The van der Waals surface area contributed by atoms with Gasteiger partial charge in [0.1, 0.15) is 16.5 Å². The van der Waals surface area contributed by atoms with E-state index in [1.165, 1.54) is 36.4 Å². The Hall–Kier alpha value is -3.52. The number of phenols is 1. The Balaban J connectivity index is 1.50. The van der Waals surface area contributed by atoms with Gasteiger partial charge in [-0.1, -0.05) is 46.9 Å². The maximum atomic E-state index is 12.9. The van der Waals surface area contributed by atoms with Crippen LogP contribution in [0, 0.1) is 0 Å². The van der Waals surface area contributed by atoms with Crippen LogP contribution in [0.15, 0.2) is 77.5 Å². The van der Waals surface area contributed by atoms with Gasteiger partial charge in [-0.15, -0.1) is 0 Å². The van der Waals surface area contributed by atoms with E-state index in [0.717, 1.165) is 4.90 Å². The zero-order chi connectivity index (χ0) is 23.7. The number of hydrogen-bond donors (Lipinski definition) is 3. The maximum Gasteiger partial charge on any atom is 0.283 e. The first-order valence-corrected chi connectivity index (χ1v) is 10.6. The van der Waals surface area contributed by atoms with Crippen LogP contribution in [0.2, 0.25) is 10.0 Å². The molecule has 4 rings (SSSR count). The molecule has 0 radical (unpaired) electrons. The first-order valence-electron chi connectivity index (χ1n) is 9.46. The third-order valence-electron chi connectivity index (χ3n) is 4.74. The van der Waals surface area contributed by atoms with E-state index < -0.39 is 17.7 Å². The molecule has 0 spiro atoms. The second-order valence-corrected chi connectivity index (χ2v) is 8.13. The summed E-state index contributed by atoms with van der Waals surface area (Å²) in [4.78, 5) is 38.8. The normalized spacial score (nSPS) is 13.5. The van der Waals surface area contributed by atoms with Crippen molar-refractivity contribution in [2.24, 2.45) is 0 Å². The molecule has 7 nitrogen and oxygen atoms in total. The average Bonchev–Trinajstić information content (AvgIpc) is 3.00. The molecule has 0 atom stereocenters. The molecule has 166 valence electrons. The minimum absolute atomic E-state index is 0.109. The van der Waals surface area contributed by atoms with E-state index in [4.69, 9.17) is 34.8 Å². The first-order chi connectivity index (χ1) is 15.8. The Morgan fingerprint density at radius 2 is 1.58 bits per heavy atom. The van der Waals surface area contributed by atoms with Gasteiger partial charge in [-0.05, 0) is 54.6 Å². The summed E-state index contributed by atoms with van der Waals surface area (Å²) in [5.41, 5.74) is 0.989. The van der Waals surface area contributed by atoms with Crippen molar-refractivity contribution >= 4 is 69.6 Å². The Labute approximate surface area is 203 Å². The molecular weight excluding hydrogens is 489 g/mol. The summed E-state index contributed by atoms with van der Waals surface area (Å²) >= 11 is 18.2. The minimum atomic E-state index is -0.699. The van der Waals surface area contributed by atoms with Gasteiger partial charge < -0.3 is 15.7 Å². The summed E-state index contributed by atoms with van der Waals surface area (Å²) in [6, 6.07) is 16.8. The van der Waals surface area contributed by atoms with Gasteiger partial charge in [-0.2, -0.15) is 0 Å². The van der Waals surface area contributed by atoms with E-state index in [-0.39, 0.29) is 38.4 Å². The SMILES string of the molecule is O=C(Nc1cc(Cl)ccc1O)c1ccc(NC2=C(Cl)C(=O)N(c3ccccc3Cl)C2=O)cc1. The number of nitrogens with zero attached hydrogens (tertiary/aromatic N) is 1. The lowest BCUT2D eigenvalue weighted by Crippen LogP contribution is -2.32.